The third-order valence-corrected chi connectivity index (χ3v) is 4.61. The van der Waals surface area contributed by atoms with E-state index in [-0.39, 0.29) is 4.90 Å². The van der Waals surface area contributed by atoms with Crippen LogP contribution in [0.1, 0.15) is 12.0 Å². The summed E-state index contributed by atoms with van der Waals surface area (Å²) in [7, 11) is -13.7. The van der Waals surface area contributed by atoms with E-state index < -0.39 is 39.1 Å². The van der Waals surface area contributed by atoms with E-state index in [1.54, 1.807) is 6.92 Å². The molecule has 0 aromatic heterocycles. The molecule has 0 aliphatic carbocycles. The van der Waals surface area contributed by atoms with Gasteiger partial charge in [-0.1, -0.05) is 37.1 Å². The lowest BCUT2D eigenvalue weighted by atomic mass is 10.2. The number of benzene rings is 1. The van der Waals surface area contributed by atoms with Gasteiger partial charge in [0.05, 0.1) is 17.3 Å². The molecule has 0 heterocycles. The molecule has 0 atom stereocenters. The van der Waals surface area contributed by atoms with Gasteiger partial charge >= 0.3 is 0 Å². The van der Waals surface area contributed by atoms with Gasteiger partial charge in [0.15, 0.2) is 0 Å². The van der Waals surface area contributed by atoms with Crippen LogP contribution < -0.4 is 0 Å². The lowest BCUT2D eigenvalue weighted by Gasteiger charge is -2.40. The number of hydrogen-bond acceptors (Lipinski definition) is 3. The summed E-state index contributed by atoms with van der Waals surface area (Å²) >= 11 is 0. The molecular weight excluding hydrogens is 327 g/mol. The predicted molar refractivity (Wildman–Crippen MR) is 66.9 cm³/mol. The number of aryl methyl sites for hydroxylation is 1. The molecule has 10 heteroatoms. The molecule has 0 saturated carbocycles. The molecule has 0 aliphatic heterocycles. The number of hydrogen-bond donors (Lipinski definition) is 0. The Morgan fingerprint density at radius 3 is 2.00 bits per heavy atom. The van der Waals surface area contributed by atoms with Crippen LogP contribution in [0.15, 0.2) is 29.2 Å². The van der Waals surface area contributed by atoms with E-state index in [4.69, 9.17) is 0 Å². The fourth-order valence-electron chi connectivity index (χ4n) is 1.27. The second kappa shape index (κ2) is 4.57. The highest BCUT2D eigenvalue weighted by Gasteiger charge is 2.62. The van der Waals surface area contributed by atoms with Crippen molar-refractivity contribution in [3.8, 4) is 0 Å². The third kappa shape index (κ3) is 6.53. The third-order valence-electron chi connectivity index (χ3n) is 2.22. The first-order valence-electron chi connectivity index (χ1n) is 5.37. The van der Waals surface area contributed by atoms with Crippen molar-refractivity contribution in [3.05, 3.63) is 29.8 Å². The van der Waals surface area contributed by atoms with Gasteiger partial charge in [-0.25, -0.2) is 0 Å². The van der Waals surface area contributed by atoms with Crippen molar-refractivity contribution >= 4 is 20.3 Å². The zero-order chi connectivity index (χ0) is 15.7. The second-order valence-corrected chi connectivity index (χ2v) is 8.56. The summed E-state index contributed by atoms with van der Waals surface area (Å²) < 4.78 is 87.4. The fraction of sp³-hybridized carbons (Fsp3) is 0.400. The summed E-state index contributed by atoms with van der Waals surface area (Å²) in [6, 6.07) is 5.39. The van der Waals surface area contributed by atoms with Crippen molar-refractivity contribution in [1.82, 2.24) is 0 Å². The SMILES string of the molecule is Cc1ccc(S(=O)(=O)OCCCS(F)(F)(F)(F)F)cc1. The summed E-state index contributed by atoms with van der Waals surface area (Å²) in [5.41, 5.74) is 0.782. The van der Waals surface area contributed by atoms with E-state index in [1.807, 2.05) is 0 Å². The van der Waals surface area contributed by atoms with Crippen LogP contribution in [-0.2, 0) is 14.3 Å². The van der Waals surface area contributed by atoms with Gasteiger partial charge in [-0.2, -0.15) is 8.42 Å². The minimum absolute atomic E-state index is 0.240. The van der Waals surface area contributed by atoms with Crippen molar-refractivity contribution in [2.45, 2.75) is 18.2 Å². The molecule has 20 heavy (non-hydrogen) atoms. The lowest BCUT2D eigenvalue weighted by molar-refractivity contribution is 0.304. The molecule has 0 saturated heterocycles. The highest BCUT2D eigenvalue weighted by molar-refractivity contribution is 8.45. The minimum Gasteiger partial charge on any atom is -0.266 e. The normalized spacial score (nSPS) is 16.5. The van der Waals surface area contributed by atoms with Crippen molar-refractivity contribution < 1.29 is 32.0 Å². The summed E-state index contributed by atoms with van der Waals surface area (Å²) in [6.45, 7) is 0.758. The molecule has 0 radical (unpaired) electrons. The topological polar surface area (TPSA) is 43.4 Å². The van der Waals surface area contributed by atoms with E-state index in [0.717, 1.165) is 5.56 Å². The molecular formula is C10H13F5O3S2. The largest absolute Gasteiger partial charge is 0.296 e. The van der Waals surface area contributed by atoms with E-state index in [9.17, 15) is 27.8 Å². The predicted octanol–water partition coefficient (Wildman–Crippen LogP) is 4.39. The van der Waals surface area contributed by atoms with Gasteiger partial charge < -0.3 is 0 Å². The molecule has 1 aromatic rings. The zero-order valence-electron chi connectivity index (χ0n) is 10.4. The average Bonchev–Trinajstić information content (AvgIpc) is 2.22. The molecule has 1 rings (SSSR count). The fourth-order valence-corrected chi connectivity index (χ4v) is 2.88. The molecule has 0 spiro atoms. The Balaban J connectivity index is 2.60. The van der Waals surface area contributed by atoms with Crippen LogP contribution in [0.4, 0.5) is 19.4 Å². The van der Waals surface area contributed by atoms with Gasteiger partial charge in [-0.05, 0) is 25.5 Å². The van der Waals surface area contributed by atoms with E-state index >= 15 is 0 Å². The molecule has 0 N–H and O–H groups in total. The van der Waals surface area contributed by atoms with Crippen LogP contribution in [0.25, 0.3) is 0 Å². The van der Waals surface area contributed by atoms with Crippen molar-refractivity contribution in [1.29, 1.82) is 0 Å². The minimum atomic E-state index is -9.51. The van der Waals surface area contributed by atoms with Gasteiger partial charge in [0.1, 0.15) is 0 Å². The Morgan fingerprint density at radius 1 is 1.05 bits per heavy atom. The zero-order valence-corrected chi connectivity index (χ0v) is 12.0. The summed E-state index contributed by atoms with van der Waals surface area (Å²) in [4.78, 5) is -0.240. The number of rotatable bonds is 6. The maximum absolute atomic E-state index is 12.0. The quantitative estimate of drug-likeness (QED) is 0.438. The maximum Gasteiger partial charge on any atom is 0.296 e. The Kier molecular flexibility index (Phi) is 3.92. The second-order valence-electron chi connectivity index (χ2n) is 4.28. The first kappa shape index (κ1) is 17.2. The van der Waals surface area contributed by atoms with Gasteiger partial charge in [-0.3, -0.25) is 4.18 Å². The van der Waals surface area contributed by atoms with Crippen molar-refractivity contribution in [2.24, 2.45) is 0 Å². The molecule has 0 amide bonds. The highest BCUT2D eigenvalue weighted by Crippen LogP contribution is 2.97. The average molecular weight is 340 g/mol. The molecule has 0 aliphatic rings. The Morgan fingerprint density at radius 2 is 1.55 bits per heavy atom. The van der Waals surface area contributed by atoms with Gasteiger partial charge in [0.25, 0.3) is 20.3 Å². The van der Waals surface area contributed by atoms with E-state index in [1.165, 1.54) is 24.3 Å². The first-order valence-corrected chi connectivity index (χ1v) is 8.90. The van der Waals surface area contributed by atoms with Gasteiger partial charge in [-0.15, -0.1) is 0 Å². The molecule has 0 fully saturated rings. The summed E-state index contributed by atoms with van der Waals surface area (Å²) in [5, 5.41) is 0. The standard InChI is InChI=1S/C10H13F5O3S2/c1-9-3-5-10(6-4-9)19(16,17)18-7-2-8-20(11,12,13,14)15/h3-6H,2,7-8H2,1H3. The van der Waals surface area contributed by atoms with Crippen LogP contribution in [-0.4, -0.2) is 20.8 Å². The maximum atomic E-state index is 12.0. The van der Waals surface area contributed by atoms with Crippen molar-refractivity contribution in [3.63, 3.8) is 0 Å². The van der Waals surface area contributed by atoms with Gasteiger partial charge in [0.2, 0.25) is 0 Å². The molecule has 0 unspecified atom stereocenters. The van der Waals surface area contributed by atoms with E-state index in [0.29, 0.717) is 0 Å². The van der Waals surface area contributed by atoms with Crippen LogP contribution in [0.5, 0.6) is 0 Å². The van der Waals surface area contributed by atoms with Crippen LogP contribution >= 0.6 is 10.2 Å². The molecule has 1 aromatic carbocycles. The Labute approximate surface area is 113 Å². The highest BCUT2D eigenvalue weighted by atomic mass is 32.5. The molecule has 3 nitrogen and oxygen atoms in total. The Bertz CT molecular complexity index is 577. The van der Waals surface area contributed by atoms with Crippen LogP contribution in [0.3, 0.4) is 0 Å². The van der Waals surface area contributed by atoms with Gasteiger partial charge in [0, 0.05) is 0 Å². The first-order chi connectivity index (χ1) is 8.68. The lowest BCUT2D eigenvalue weighted by Crippen LogP contribution is -2.15. The molecule has 0 bridgehead atoms. The number of halogens is 5. The Hall–Kier alpha value is -0.870. The molecule has 118 valence electrons. The smallest absolute Gasteiger partial charge is 0.266 e. The van der Waals surface area contributed by atoms with Crippen molar-refractivity contribution in [2.75, 3.05) is 12.4 Å². The van der Waals surface area contributed by atoms with E-state index in [2.05, 4.69) is 4.18 Å². The monoisotopic (exact) mass is 340 g/mol. The van der Waals surface area contributed by atoms with Crippen LogP contribution in [0, 0.1) is 6.92 Å². The summed E-state index contributed by atoms with van der Waals surface area (Å²) in [5.74, 6) is -2.34. The summed E-state index contributed by atoms with van der Waals surface area (Å²) in [6.07, 6.45) is -1.12. The van der Waals surface area contributed by atoms with Crippen LogP contribution in [0.2, 0.25) is 0 Å².